The highest BCUT2D eigenvalue weighted by molar-refractivity contribution is 5.89. The predicted octanol–water partition coefficient (Wildman–Crippen LogP) is 1.28. The Morgan fingerprint density at radius 1 is 1.48 bits per heavy atom. The van der Waals surface area contributed by atoms with Gasteiger partial charge in [-0.3, -0.25) is 4.79 Å². The fourth-order valence-corrected chi connectivity index (χ4v) is 2.78. The molecule has 0 spiro atoms. The van der Waals surface area contributed by atoms with Gasteiger partial charge in [-0.15, -0.1) is 4.98 Å². The summed E-state index contributed by atoms with van der Waals surface area (Å²) in [7, 11) is 1.73. The SMILES string of the molecule is [C-]#[N+]c1ccc2c(n1)c(N1CCNC[C@@H]1C)cc(=O)n2C. The molecule has 2 aromatic heterocycles. The number of hydrogen-bond acceptors (Lipinski definition) is 4. The van der Waals surface area contributed by atoms with E-state index in [1.165, 1.54) is 0 Å². The molecule has 0 amide bonds. The Hall–Kier alpha value is -2.39. The molecule has 1 atom stereocenters. The van der Waals surface area contributed by atoms with E-state index in [9.17, 15) is 4.79 Å². The maximum absolute atomic E-state index is 12.2. The molecule has 0 aromatic carbocycles. The van der Waals surface area contributed by atoms with Crippen LogP contribution in [0.2, 0.25) is 0 Å². The largest absolute Gasteiger partial charge is 0.363 e. The van der Waals surface area contributed by atoms with E-state index in [1.54, 1.807) is 29.8 Å². The Morgan fingerprint density at radius 3 is 3.00 bits per heavy atom. The van der Waals surface area contributed by atoms with Gasteiger partial charge in [-0.2, -0.15) is 0 Å². The number of anilines is 1. The Balaban J connectivity index is 2.28. The molecule has 1 aliphatic rings. The van der Waals surface area contributed by atoms with Gasteiger partial charge in [-0.05, 0) is 19.1 Å². The molecule has 0 bridgehead atoms. The van der Waals surface area contributed by atoms with Crippen molar-refractivity contribution in [2.75, 3.05) is 24.5 Å². The van der Waals surface area contributed by atoms with E-state index in [0.29, 0.717) is 5.82 Å². The van der Waals surface area contributed by atoms with Crippen molar-refractivity contribution in [2.45, 2.75) is 13.0 Å². The van der Waals surface area contributed by atoms with Crippen LogP contribution in [-0.2, 0) is 7.05 Å². The predicted molar refractivity (Wildman–Crippen MR) is 82.9 cm³/mol. The molecule has 108 valence electrons. The van der Waals surface area contributed by atoms with Crippen molar-refractivity contribution in [2.24, 2.45) is 7.05 Å². The number of aromatic nitrogens is 2. The first-order valence-corrected chi connectivity index (χ1v) is 6.97. The topological polar surface area (TPSA) is 54.5 Å². The van der Waals surface area contributed by atoms with E-state index >= 15 is 0 Å². The fourth-order valence-electron chi connectivity index (χ4n) is 2.78. The van der Waals surface area contributed by atoms with Crippen LogP contribution in [0.4, 0.5) is 11.5 Å². The van der Waals surface area contributed by atoms with Crippen LogP contribution >= 0.6 is 0 Å². The summed E-state index contributed by atoms with van der Waals surface area (Å²) in [6, 6.07) is 5.37. The molecule has 6 nitrogen and oxygen atoms in total. The zero-order valence-corrected chi connectivity index (χ0v) is 12.1. The zero-order valence-electron chi connectivity index (χ0n) is 12.1. The summed E-state index contributed by atoms with van der Waals surface area (Å²) in [6.45, 7) is 11.8. The van der Waals surface area contributed by atoms with E-state index in [4.69, 9.17) is 6.57 Å². The average Bonchev–Trinajstić information content (AvgIpc) is 2.51. The highest BCUT2D eigenvalue weighted by Crippen LogP contribution is 2.27. The van der Waals surface area contributed by atoms with Gasteiger partial charge < -0.3 is 19.6 Å². The van der Waals surface area contributed by atoms with Crippen LogP contribution in [-0.4, -0.2) is 35.2 Å². The van der Waals surface area contributed by atoms with Crippen LogP contribution in [0.25, 0.3) is 15.9 Å². The van der Waals surface area contributed by atoms with Crippen LogP contribution in [0, 0.1) is 6.57 Å². The number of aryl methyl sites for hydroxylation is 1. The molecule has 1 fully saturated rings. The van der Waals surface area contributed by atoms with Crippen LogP contribution in [0.1, 0.15) is 6.92 Å². The van der Waals surface area contributed by atoms with Gasteiger partial charge in [0.05, 0.1) is 11.2 Å². The summed E-state index contributed by atoms with van der Waals surface area (Å²) in [4.78, 5) is 22.2. The maximum Gasteiger partial charge on any atom is 0.270 e. The van der Waals surface area contributed by atoms with Crippen LogP contribution in [0.15, 0.2) is 23.0 Å². The standard InChI is InChI=1S/C15H17N5O/c1-10-9-17-6-7-20(10)12-8-14(21)19(3)11-4-5-13(16-2)18-15(11)12/h4-5,8,10,17H,6-7,9H2,1,3H3/t10-/m0/s1. The number of rotatable bonds is 1. The highest BCUT2D eigenvalue weighted by Gasteiger charge is 2.23. The molecule has 1 aliphatic heterocycles. The molecule has 0 unspecified atom stereocenters. The molecular weight excluding hydrogens is 266 g/mol. The molecule has 0 saturated carbocycles. The zero-order chi connectivity index (χ0) is 15.0. The lowest BCUT2D eigenvalue weighted by Crippen LogP contribution is -2.50. The van der Waals surface area contributed by atoms with Crippen molar-refractivity contribution in [1.82, 2.24) is 14.9 Å². The number of hydrogen-bond donors (Lipinski definition) is 1. The van der Waals surface area contributed by atoms with Gasteiger partial charge in [0.1, 0.15) is 0 Å². The minimum Gasteiger partial charge on any atom is -0.363 e. The molecule has 3 heterocycles. The minimum absolute atomic E-state index is 0.0550. The van der Waals surface area contributed by atoms with Crippen molar-refractivity contribution >= 4 is 22.5 Å². The Labute approximate surface area is 122 Å². The summed E-state index contributed by atoms with van der Waals surface area (Å²) in [5, 5.41) is 3.34. The Morgan fingerprint density at radius 2 is 2.29 bits per heavy atom. The lowest BCUT2D eigenvalue weighted by Gasteiger charge is -2.35. The lowest BCUT2D eigenvalue weighted by molar-refractivity contribution is 0.501. The second kappa shape index (κ2) is 5.19. The Bertz CT molecular complexity index is 789. The Kier molecular flexibility index (Phi) is 3.35. The van der Waals surface area contributed by atoms with E-state index < -0.39 is 0 Å². The molecule has 1 saturated heterocycles. The first-order valence-electron chi connectivity index (χ1n) is 6.97. The van der Waals surface area contributed by atoms with E-state index in [1.807, 2.05) is 0 Å². The van der Waals surface area contributed by atoms with Gasteiger partial charge in [0.25, 0.3) is 11.4 Å². The van der Waals surface area contributed by atoms with Crippen molar-refractivity contribution in [3.05, 3.63) is 40.0 Å². The minimum atomic E-state index is -0.0550. The van der Waals surface area contributed by atoms with E-state index in [2.05, 4.69) is 27.0 Å². The second-order valence-electron chi connectivity index (χ2n) is 5.32. The summed E-state index contributed by atoms with van der Waals surface area (Å²) in [6.07, 6.45) is 0. The first kappa shape index (κ1) is 13.6. The quantitative estimate of drug-likeness (QED) is 0.801. The lowest BCUT2D eigenvalue weighted by atomic mass is 10.1. The fraction of sp³-hybridized carbons (Fsp3) is 0.400. The van der Waals surface area contributed by atoms with Crippen LogP contribution < -0.4 is 15.8 Å². The third kappa shape index (κ3) is 2.26. The smallest absolute Gasteiger partial charge is 0.270 e. The van der Waals surface area contributed by atoms with Crippen molar-refractivity contribution in [3.8, 4) is 0 Å². The second-order valence-corrected chi connectivity index (χ2v) is 5.32. The van der Waals surface area contributed by atoms with Gasteiger partial charge >= 0.3 is 0 Å². The number of piperazine rings is 1. The van der Waals surface area contributed by atoms with Gasteiger partial charge in [-0.1, -0.05) is 6.57 Å². The van der Waals surface area contributed by atoms with Crippen LogP contribution in [0.3, 0.4) is 0 Å². The summed E-state index contributed by atoms with van der Waals surface area (Å²) < 4.78 is 1.58. The third-order valence-electron chi connectivity index (χ3n) is 3.98. The summed E-state index contributed by atoms with van der Waals surface area (Å²) in [5.74, 6) is 0.352. The third-order valence-corrected chi connectivity index (χ3v) is 3.98. The molecule has 0 radical (unpaired) electrons. The average molecular weight is 283 g/mol. The molecule has 0 aliphatic carbocycles. The van der Waals surface area contributed by atoms with Crippen molar-refractivity contribution in [1.29, 1.82) is 0 Å². The van der Waals surface area contributed by atoms with Crippen molar-refractivity contribution in [3.63, 3.8) is 0 Å². The van der Waals surface area contributed by atoms with Gasteiger partial charge in [0.15, 0.2) is 0 Å². The highest BCUT2D eigenvalue weighted by atomic mass is 16.1. The van der Waals surface area contributed by atoms with Gasteiger partial charge in [0, 0.05) is 38.8 Å². The summed E-state index contributed by atoms with van der Waals surface area (Å²) >= 11 is 0. The molecule has 3 rings (SSSR count). The van der Waals surface area contributed by atoms with Crippen LogP contribution in [0.5, 0.6) is 0 Å². The molecular formula is C15H17N5O. The number of nitrogens with zero attached hydrogens (tertiary/aromatic N) is 4. The number of nitrogens with one attached hydrogen (secondary N) is 1. The number of fused-ring (bicyclic) bond motifs is 1. The monoisotopic (exact) mass is 283 g/mol. The van der Waals surface area contributed by atoms with Gasteiger partial charge in [-0.25, -0.2) is 0 Å². The molecule has 2 aromatic rings. The molecule has 1 N–H and O–H groups in total. The summed E-state index contributed by atoms with van der Waals surface area (Å²) in [5.41, 5.74) is 2.25. The first-order chi connectivity index (χ1) is 10.1. The molecule has 21 heavy (non-hydrogen) atoms. The van der Waals surface area contributed by atoms with E-state index in [0.717, 1.165) is 36.4 Å². The van der Waals surface area contributed by atoms with Crippen molar-refractivity contribution < 1.29 is 0 Å². The molecule has 6 heteroatoms. The van der Waals surface area contributed by atoms with E-state index in [-0.39, 0.29) is 11.6 Å². The normalized spacial score (nSPS) is 18.7. The number of pyridine rings is 2. The maximum atomic E-state index is 12.2. The van der Waals surface area contributed by atoms with Gasteiger partial charge in [0.2, 0.25) is 5.52 Å².